The van der Waals surface area contributed by atoms with Crippen molar-refractivity contribution in [1.82, 2.24) is 4.98 Å². The minimum Gasteiger partial charge on any atom is -0.406 e. The molecular weight excluding hydrogens is 436 g/mol. The number of nitrogens with one attached hydrogen (secondary N) is 1. The molecule has 0 fully saturated rings. The summed E-state index contributed by atoms with van der Waals surface area (Å²) in [6, 6.07) is 6.31. The van der Waals surface area contributed by atoms with E-state index in [0.717, 1.165) is 15.7 Å². The molecule has 0 aliphatic heterocycles. The fourth-order valence-electron chi connectivity index (χ4n) is 1.52. The highest BCUT2D eigenvalue weighted by Crippen LogP contribution is 2.24. The molecule has 4 nitrogen and oxygen atoms in total. The normalized spacial score (nSPS) is 11.1. The van der Waals surface area contributed by atoms with Crippen molar-refractivity contribution in [1.29, 1.82) is 0 Å². The minimum atomic E-state index is -4.76. The van der Waals surface area contributed by atoms with Crippen molar-refractivity contribution in [3.05, 3.63) is 50.8 Å². The summed E-state index contributed by atoms with van der Waals surface area (Å²) in [6.07, 6.45) is -3.26. The molecule has 2 rings (SSSR count). The Bertz CT molecular complexity index is 693. The summed E-state index contributed by atoms with van der Waals surface area (Å²) in [7, 11) is 0. The Labute approximate surface area is 141 Å². The molecule has 1 aromatic heterocycles. The third-order valence-corrected chi connectivity index (χ3v) is 3.29. The van der Waals surface area contributed by atoms with Gasteiger partial charge in [0.15, 0.2) is 0 Å². The second kappa shape index (κ2) is 6.69. The minimum absolute atomic E-state index is 0.0370. The number of halogens is 5. The van der Waals surface area contributed by atoms with Gasteiger partial charge in [-0.25, -0.2) is 4.98 Å². The first-order chi connectivity index (χ1) is 10.2. The summed E-state index contributed by atoms with van der Waals surface area (Å²) >= 11 is 7.81. The molecule has 9 heteroatoms. The summed E-state index contributed by atoms with van der Waals surface area (Å²) in [5.74, 6) is -0.889. The van der Waals surface area contributed by atoms with Crippen LogP contribution >= 0.6 is 34.2 Å². The lowest BCUT2D eigenvalue weighted by atomic mass is 10.2. The predicted octanol–water partition coefficient (Wildman–Crippen LogP) is 4.49. The Hall–Kier alpha value is -1.55. The Balaban J connectivity index is 2.10. The summed E-state index contributed by atoms with van der Waals surface area (Å²) < 4.78 is 40.6. The standard InChI is InChI=1S/C13H7ClF3IN2O2/c14-11-10(5-7(18)6-19-11)12(21)20-8-1-3-9(4-2-8)22-13(15,16)17/h1-6H,(H,20,21). The monoisotopic (exact) mass is 442 g/mol. The molecule has 1 amide bonds. The third kappa shape index (κ3) is 4.73. The fraction of sp³-hybridized carbons (Fsp3) is 0.0769. The number of hydrogen-bond acceptors (Lipinski definition) is 3. The van der Waals surface area contributed by atoms with Crippen LogP contribution in [0.4, 0.5) is 18.9 Å². The van der Waals surface area contributed by atoms with E-state index in [9.17, 15) is 18.0 Å². The van der Waals surface area contributed by atoms with Gasteiger partial charge in [-0.3, -0.25) is 4.79 Å². The van der Waals surface area contributed by atoms with Gasteiger partial charge in [0.1, 0.15) is 10.9 Å². The van der Waals surface area contributed by atoms with Gasteiger partial charge in [-0.05, 0) is 52.9 Å². The van der Waals surface area contributed by atoms with Crippen molar-refractivity contribution in [2.75, 3.05) is 5.32 Å². The summed E-state index contributed by atoms with van der Waals surface area (Å²) in [5.41, 5.74) is 0.471. The smallest absolute Gasteiger partial charge is 0.406 e. The van der Waals surface area contributed by atoms with E-state index >= 15 is 0 Å². The molecule has 0 saturated heterocycles. The Morgan fingerprint density at radius 2 is 1.91 bits per heavy atom. The SMILES string of the molecule is O=C(Nc1ccc(OC(F)(F)F)cc1)c1cc(I)cnc1Cl. The van der Waals surface area contributed by atoms with Gasteiger partial charge < -0.3 is 10.1 Å². The number of rotatable bonds is 3. The Kier molecular flexibility index (Phi) is 5.12. The van der Waals surface area contributed by atoms with Gasteiger partial charge in [-0.1, -0.05) is 11.6 Å². The van der Waals surface area contributed by atoms with Crippen molar-refractivity contribution in [2.24, 2.45) is 0 Å². The molecule has 1 heterocycles. The third-order valence-electron chi connectivity index (χ3n) is 2.40. The van der Waals surface area contributed by atoms with Crippen LogP contribution in [0.1, 0.15) is 10.4 Å². The van der Waals surface area contributed by atoms with E-state index in [2.05, 4.69) is 15.0 Å². The van der Waals surface area contributed by atoms with Crippen molar-refractivity contribution >= 4 is 45.8 Å². The van der Waals surface area contributed by atoms with Crippen LogP contribution in [0.25, 0.3) is 0 Å². The molecule has 0 atom stereocenters. The van der Waals surface area contributed by atoms with Crippen LogP contribution in [0.2, 0.25) is 5.15 Å². The second-order valence-corrected chi connectivity index (χ2v) is 5.62. The molecule has 0 aliphatic rings. The average Bonchev–Trinajstić information content (AvgIpc) is 2.42. The number of amides is 1. The lowest BCUT2D eigenvalue weighted by molar-refractivity contribution is -0.274. The number of benzene rings is 1. The highest BCUT2D eigenvalue weighted by Gasteiger charge is 2.30. The molecular formula is C13H7ClF3IN2O2. The van der Waals surface area contributed by atoms with Crippen molar-refractivity contribution in [3.8, 4) is 5.75 Å². The molecule has 2 aromatic rings. The van der Waals surface area contributed by atoms with Crippen LogP contribution in [-0.4, -0.2) is 17.3 Å². The molecule has 22 heavy (non-hydrogen) atoms. The van der Waals surface area contributed by atoms with E-state index in [1.807, 2.05) is 22.6 Å². The number of carbonyl (C=O) groups excluding carboxylic acids is 1. The van der Waals surface area contributed by atoms with Crippen molar-refractivity contribution in [3.63, 3.8) is 0 Å². The van der Waals surface area contributed by atoms with Crippen LogP contribution in [0.15, 0.2) is 36.5 Å². The number of alkyl halides is 3. The van der Waals surface area contributed by atoms with E-state index in [0.29, 0.717) is 5.69 Å². The number of aromatic nitrogens is 1. The van der Waals surface area contributed by atoms with E-state index in [1.54, 1.807) is 6.07 Å². The molecule has 0 spiro atoms. The number of hydrogen-bond donors (Lipinski definition) is 1. The molecule has 0 saturated carbocycles. The summed E-state index contributed by atoms with van der Waals surface area (Å²) in [4.78, 5) is 15.9. The van der Waals surface area contributed by atoms with E-state index in [4.69, 9.17) is 11.6 Å². The first-order valence-corrected chi connectivity index (χ1v) is 7.18. The number of anilines is 1. The van der Waals surface area contributed by atoms with Gasteiger partial charge in [-0.2, -0.15) is 0 Å². The van der Waals surface area contributed by atoms with E-state index < -0.39 is 12.3 Å². The zero-order chi connectivity index (χ0) is 16.3. The van der Waals surface area contributed by atoms with E-state index in [-0.39, 0.29) is 16.5 Å². The number of nitrogens with zero attached hydrogens (tertiary/aromatic N) is 1. The second-order valence-electron chi connectivity index (χ2n) is 4.02. The highest BCUT2D eigenvalue weighted by atomic mass is 127. The molecule has 1 aromatic carbocycles. The lowest BCUT2D eigenvalue weighted by Crippen LogP contribution is -2.17. The van der Waals surface area contributed by atoms with Crippen molar-refractivity contribution in [2.45, 2.75) is 6.36 Å². The van der Waals surface area contributed by atoms with Gasteiger partial charge in [0.25, 0.3) is 5.91 Å². The topological polar surface area (TPSA) is 51.2 Å². The van der Waals surface area contributed by atoms with Crippen molar-refractivity contribution < 1.29 is 22.7 Å². The Morgan fingerprint density at radius 3 is 2.50 bits per heavy atom. The van der Waals surface area contributed by atoms with Gasteiger partial charge in [0, 0.05) is 15.5 Å². The van der Waals surface area contributed by atoms with Crippen LogP contribution in [-0.2, 0) is 0 Å². The molecule has 1 N–H and O–H groups in total. The van der Waals surface area contributed by atoms with Gasteiger partial charge in [0.2, 0.25) is 0 Å². The molecule has 116 valence electrons. The largest absolute Gasteiger partial charge is 0.573 e. The molecule has 0 radical (unpaired) electrons. The highest BCUT2D eigenvalue weighted by molar-refractivity contribution is 14.1. The number of pyridine rings is 1. The maximum absolute atomic E-state index is 12.1. The first kappa shape index (κ1) is 16.8. The quantitative estimate of drug-likeness (QED) is 0.563. The average molecular weight is 443 g/mol. The predicted molar refractivity (Wildman–Crippen MR) is 83.0 cm³/mol. The first-order valence-electron chi connectivity index (χ1n) is 5.73. The number of ether oxygens (including phenoxy) is 1. The zero-order valence-electron chi connectivity index (χ0n) is 10.6. The maximum Gasteiger partial charge on any atom is 0.573 e. The van der Waals surface area contributed by atoms with Gasteiger partial charge >= 0.3 is 6.36 Å². The van der Waals surface area contributed by atoms with Gasteiger partial charge in [0.05, 0.1) is 5.56 Å². The van der Waals surface area contributed by atoms with E-state index in [1.165, 1.54) is 18.3 Å². The van der Waals surface area contributed by atoms with Crippen LogP contribution in [0.3, 0.4) is 0 Å². The fourth-order valence-corrected chi connectivity index (χ4v) is 2.16. The van der Waals surface area contributed by atoms with Crippen LogP contribution in [0, 0.1) is 3.57 Å². The Morgan fingerprint density at radius 1 is 1.27 bits per heavy atom. The molecule has 0 unspecified atom stereocenters. The summed E-state index contributed by atoms with van der Waals surface area (Å²) in [5, 5.41) is 2.55. The molecule has 0 aliphatic carbocycles. The zero-order valence-corrected chi connectivity index (χ0v) is 13.5. The van der Waals surface area contributed by atoms with Crippen LogP contribution in [0.5, 0.6) is 5.75 Å². The molecule has 0 bridgehead atoms. The van der Waals surface area contributed by atoms with Crippen LogP contribution < -0.4 is 10.1 Å². The lowest BCUT2D eigenvalue weighted by Gasteiger charge is -2.10. The summed E-state index contributed by atoms with van der Waals surface area (Å²) in [6.45, 7) is 0. The maximum atomic E-state index is 12.1. The van der Waals surface area contributed by atoms with Gasteiger partial charge in [-0.15, -0.1) is 13.2 Å². The number of carbonyl (C=O) groups is 1.